The van der Waals surface area contributed by atoms with Crippen molar-refractivity contribution >= 4 is 0 Å². The molecule has 6 nitrogen and oxygen atoms in total. The zero-order valence-electron chi connectivity index (χ0n) is 14.6. The third-order valence-corrected chi connectivity index (χ3v) is 6.20. The predicted octanol–water partition coefficient (Wildman–Crippen LogP) is 2.15. The maximum Gasteiger partial charge on any atom is 0.240 e. The average Bonchev–Trinajstić information content (AvgIpc) is 3.36. The third-order valence-electron chi connectivity index (χ3n) is 6.20. The molecule has 1 saturated carbocycles. The quantitative estimate of drug-likeness (QED) is 0.860. The molecule has 2 atom stereocenters. The Balaban J connectivity index is 1.35. The molecule has 2 saturated heterocycles. The maximum absolute atomic E-state index is 9.53. The highest BCUT2D eigenvalue weighted by atomic mass is 16.5. The molecular formula is C18H30N4O2. The second-order valence-electron chi connectivity index (χ2n) is 7.77. The first-order valence-electron chi connectivity index (χ1n) is 9.75. The Hall–Kier alpha value is -0.980. The SMILES string of the molecule is OCC1CCCN1CC1CCCN1Cc1nc(C2CCCC2)no1. The summed E-state index contributed by atoms with van der Waals surface area (Å²) in [6.07, 6.45) is 9.84. The van der Waals surface area contributed by atoms with Crippen LogP contribution < -0.4 is 0 Å². The van der Waals surface area contributed by atoms with Gasteiger partial charge in [0.25, 0.3) is 0 Å². The van der Waals surface area contributed by atoms with Crippen LogP contribution in [0.5, 0.6) is 0 Å². The summed E-state index contributed by atoms with van der Waals surface area (Å²) in [7, 11) is 0. The Kier molecular flexibility index (Phi) is 5.15. The molecule has 0 spiro atoms. The Morgan fingerprint density at radius 3 is 2.50 bits per heavy atom. The van der Waals surface area contributed by atoms with Gasteiger partial charge in [-0.25, -0.2) is 0 Å². The summed E-state index contributed by atoms with van der Waals surface area (Å²) < 4.78 is 5.54. The number of hydrogen-bond donors (Lipinski definition) is 1. The van der Waals surface area contributed by atoms with Crippen LogP contribution in [0.15, 0.2) is 4.52 Å². The zero-order chi connectivity index (χ0) is 16.4. The van der Waals surface area contributed by atoms with Gasteiger partial charge in [0.05, 0.1) is 13.2 Å². The summed E-state index contributed by atoms with van der Waals surface area (Å²) in [5, 5.41) is 13.8. The minimum atomic E-state index is 0.293. The van der Waals surface area contributed by atoms with Crippen molar-refractivity contribution in [1.29, 1.82) is 0 Å². The second kappa shape index (κ2) is 7.50. The van der Waals surface area contributed by atoms with Crippen molar-refractivity contribution in [2.45, 2.75) is 75.9 Å². The first kappa shape index (κ1) is 16.5. The number of aliphatic hydroxyl groups is 1. The predicted molar refractivity (Wildman–Crippen MR) is 90.6 cm³/mol. The largest absolute Gasteiger partial charge is 0.395 e. The van der Waals surface area contributed by atoms with Crippen LogP contribution in [0.2, 0.25) is 0 Å². The molecule has 6 heteroatoms. The van der Waals surface area contributed by atoms with Crippen LogP contribution in [0.1, 0.15) is 69.0 Å². The Morgan fingerprint density at radius 2 is 1.71 bits per heavy atom. The molecule has 1 N–H and O–H groups in total. The van der Waals surface area contributed by atoms with Crippen LogP contribution in [-0.2, 0) is 6.54 Å². The van der Waals surface area contributed by atoms with E-state index < -0.39 is 0 Å². The molecule has 1 aliphatic carbocycles. The number of hydrogen-bond acceptors (Lipinski definition) is 6. The van der Waals surface area contributed by atoms with Gasteiger partial charge in [0.2, 0.25) is 5.89 Å². The first-order chi connectivity index (χ1) is 11.8. The van der Waals surface area contributed by atoms with Crippen LogP contribution in [0.25, 0.3) is 0 Å². The fourth-order valence-electron chi connectivity index (χ4n) is 4.78. The lowest BCUT2D eigenvalue weighted by molar-refractivity contribution is 0.115. The molecule has 0 aromatic carbocycles. The minimum Gasteiger partial charge on any atom is -0.395 e. The molecule has 2 unspecified atom stereocenters. The lowest BCUT2D eigenvalue weighted by atomic mass is 10.1. The smallest absolute Gasteiger partial charge is 0.240 e. The van der Waals surface area contributed by atoms with Crippen molar-refractivity contribution in [2.24, 2.45) is 0 Å². The number of rotatable bonds is 6. The van der Waals surface area contributed by atoms with Gasteiger partial charge in [-0.2, -0.15) is 4.98 Å². The molecule has 0 radical (unpaired) electrons. The third kappa shape index (κ3) is 3.51. The molecule has 1 aromatic heterocycles. The van der Waals surface area contributed by atoms with Gasteiger partial charge < -0.3 is 9.63 Å². The van der Waals surface area contributed by atoms with Crippen molar-refractivity contribution in [3.63, 3.8) is 0 Å². The van der Waals surface area contributed by atoms with Gasteiger partial charge in [-0.15, -0.1) is 0 Å². The van der Waals surface area contributed by atoms with Crippen LogP contribution in [-0.4, -0.2) is 63.4 Å². The second-order valence-corrected chi connectivity index (χ2v) is 7.77. The van der Waals surface area contributed by atoms with Gasteiger partial charge in [-0.1, -0.05) is 18.0 Å². The summed E-state index contributed by atoms with van der Waals surface area (Å²) in [6, 6.07) is 0.920. The molecule has 24 heavy (non-hydrogen) atoms. The highest BCUT2D eigenvalue weighted by Crippen LogP contribution is 2.32. The van der Waals surface area contributed by atoms with Crippen molar-refractivity contribution in [3.05, 3.63) is 11.7 Å². The van der Waals surface area contributed by atoms with E-state index in [1.807, 2.05) is 0 Å². The van der Waals surface area contributed by atoms with Gasteiger partial charge in [0.1, 0.15) is 0 Å². The van der Waals surface area contributed by atoms with E-state index in [1.165, 1.54) is 44.9 Å². The van der Waals surface area contributed by atoms with Gasteiger partial charge in [0, 0.05) is 24.5 Å². The number of nitrogens with zero attached hydrogens (tertiary/aromatic N) is 4. The molecule has 0 amide bonds. The molecular weight excluding hydrogens is 304 g/mol. The molecule has 3 aliphatic rings. The van der Waals surface area contributed by atoms with E-state index in [4.69, 9.17) is 4.52 Å². The summed E-state index contributed by atoms with van der Waals surface area (Å²) in [4.78, 5) is 9.65. The van der Waals surface area contributed by atoms with Crippen molar-refractivity contribution in [3.8, 4) is 0 Å². The van der Waals surface area contributed by atoms with E-state index in [9.17, 15) is 5.11 Å². The van der Waals surface area contributed by atoms with E-state index in [-0.39, 0.29) is 0 Å². The molecule has 3 heterocycles. The van der Waals surface area contributed by atoms with E-state index in [1.54, 1.807) is 0 Å². The van der Waals surface area contributed by atoms with Gasteiger partial charge in [-0.05, 0) is 51.6 Å². The minimum absolute atomic E-state index is 0.293. The molecule has 2 aliphatic heterocycles. The standard InChI is InChI=1S/C18H30N4O2/c23-13-16-8-4-9-21(16)11-15-7-3-10-22(15)12-17-19-18(20-24-17)14-5-1-2-6-14/h14-16,23H,1-13H2. The first-order valence-corrected chi connectivity index (χ1v) is 9.75. The Morgan fingerprint density at radius 1 is 0.958 bits per heavy atom. The summed E-state index contributed by atoms with van der Waals surface area (Å²) in [5.41, 5.74) is 0. The fraction of sp³-hybridized carbons (Fsp3) is 0.889. The summed E-state index contributed by atoms with van der Waals surface area (Å²) in [6.45, 7) is 4.38. The molecule has 1 aromatic rings. The zero-order valence-corrected chi connectivity index (χ0v) is 14.6. The van der Waals surface area contributed by atoms with E-state index >= 15 is 0 Å². The van der Waals surface area contributed by atoms with Gasteiger partial charge in [0.15, 0.2) is 5.82 Å². The van der Waals surface area contributed by atoms with Crippen LogP contribution in [0, 0.1) is 0 Å². The summed E-state index contributed by atoms with van der Waals surface area (Å²) >= 11 is 0. The van der Waals surface area contributed by atoms with Crippen LogP contribution >= 0.6 is 0 Å². The van der Waals surface area contributed by atoms with Gasteiger partial charge in [-0.3, -0.25) is 9.80 Å². The molecule has 134 valence electrons. The normalized spacial score (nSPS) is 29.9. The number of aromatic nitrogens is 2. The summed E-state index contributed by atoms with van der Waals surface area (Å²) in [5.74, 6) is 2.23. The van der Waals surface area contributed by atoms with Crippen molar-refractivity contribution in [2.75, 3.05) is 26.2 Å². The van der Waals surface area contributed by atoms with Gasteiger partial charge >= 0.3 is 0 Å². The molecule has 3 fully saturated rings. The highest BCUT2D eigenvalue weighted by Gasteiger charge is 2.32. The number of likely N-dealkylation sites (tertiary alicyclic amines) is 2. The average molecular weight is 334 g/mol. The van der Waals surface area contributed by atoms with Crippen LogP contribution in [0.4, 0.5) is 0 Å². The van der Waals surface area contributed by atoms with E-state index in [2.05, 4.69) is 19.9 Å². The Labute approximate surface area is 144 Å². The van der Waals surface area contributed by atoms with E-state index in [0.717, 1.165) is 44.3 Å². The van der Waals surface area contributed by atoms with Crippen LogP contribution in [0.3, 0.4) is 0 Å². The lowest BCUT2D eigenvalue weighted by Crippen LogP contribution is -2.43. The lowest BCUT2D eigenvalue weighted by Gasteiger charge is -2.30. The molecule has 4 rings (SSSR count). The molecule has 0 bridgehead atoms. The monoisotopic (exact) mass is 334 g/mol. The van der Waals surface area contributed by atoms with Crippen molar-refractivity contribution < 1.29 is 9.63 Å². The van der Waals surface area contributed by atoms with Crippen molar-refractivity contribution in [1.82, 2.24) is 19.9 Å². The number of aliphatic hydroxyl groups excluding tert-OH is 1. The fourth-order valence-corrected chi connectivity index (χ4v) is 4.78. The highest BCUT2D eigenvalue weighted by molar-refractivity contribution is 4.98. The van der Waals surface area contributed by atoms with E-state index in [0.29, 0.717) is 24.6 Å². The maximum atomic E-state index is 9.53. The Bertz CT molecular complexity index is 529. The topological polar surface area (TPSA) is 65.6 Å².